The van der Waals surface area contributed by atoms with Crippen LogP contribution in [0.2, 0.25) is 0 Å². The van der Waals surface area contributed by atoms with Crippen LogP contribution in [0, 0.1) is 0 Å². The largest absolute Gasteiger partial charge is 0.857 e. The molecule has 4 heteroatoms. The van der Waals surface area contributed by atoms with Gasteiger partial charge in [0.15, 0.2) is 5.76 Å². The third kappa shape index (κ3) is 2.05. The van der Waals surface area contributed by atoms with Crippen LogP contribution in [0.15, 0.2) is 58.2 Å². The van der Waals surface area contributed by atoms with E-state index in [0.717, 1.165) is 5.56 Å². The van der Waals surface area contributed by atoms with E-state index in [2.05, 4.69) is 5.10 Å². The smallest absolute Gasteiger partial charge is 0.239 e. The van der Waals surface area contributed by atoms with Crippen molar-refractivity contribution < 1.29 is 14.2 Å². The zero-order chi connectivity index (χ0) is 12.4. The fourth-order valence-corrected chi connectivity index (χ4v) is 2.06. The lowest BCUT2D eigenvalue weighted by Gasteiger charge is -2.05. The molecule has 1 aliphatic rings. The average molecular weight is 240 g/mol. The lowest BCUT2D eigenvalue weighted by Crippen LogP contribution is -2.15. The molecule has 1 aromatic carbocycles. The summed E-state index contributed by atoms with van der Waals surface area (Å²) in [5, 5.41) is 15.5. The van der Waals surface area contributed by atoms with Crippen LogP contribution in [0.1, 0.15) is 23.8 Å². The normalized spacial score (nSPS) is 21.2. The Balaban J connectivity index is 1.96. The van der Waals surface area contributed by atoms with E-state index < -0.39 is 0 Å². The summed E-state index contributed by atoms with van der Waals surface area (Å²) >= 11 is 0. The van der Waals surface area contributed by atoms with Gasteiger partial charge in [0, 0.05) is 11.5 Å². The Labute approximate surface area is 105 Å². The first-order valence-electron chi connectivity index (χ1n) is 5.79. The van der Waals surface area contributed by atoms with Gasteiger partial charge in [-0.3, -0.25) is 0 Å². The van der Waals surface area contributed by atoms with E-state index in [9.17, 15) is 5.11 Å². The molecule has 0 fully saturated rings. The van der Waals surface area contributed by atoms with Gasteiger partial charge in [-0.2, -0.15) is 0 Å². The van der Waals surface area contributed by atoms with Crippen LogP contribution in [0.25, 0.3) is 0 Å². The summed E-state index contributed by atoms with van der Waals surface area (Å²) in [6, 6.07) is 13.5. The van der Waals surface area contributed by atoms with Crippen LogP contribution in [0.3, 0.4) is 0 Å². The number of nitrogens with zero attached hydrogens (tertiary/aromatic N) is 2. The van der Waals surface area contributed by atoms with Crippen LogP contribution in [0.5, 0.6) is 0 Å². The fraction of sp³-hybridized carbons (Fsp3) is 0.143. The van der Waals surface area contributed by atoms with E-state index in [1.165, 1.54) is 0 Å². The Morgan fingerprint density at radius 1 is 1.22 bits per heavy atom. The van der Waals surface area contributed by atoms with Gasteiger partial charge in [0.25, 0.3) is 0 Å². The first-order valence-corrected chi connectivity index (χ1v) is 5.79. The number of rotatable bonds is 2. The van der Waals surface area contributed by atoms with E-state index in [-0.39, 0.29) is 11.9 Å². The second-order valence-electron chi connectivity index (χ2n) is 4.15. The second-order valence-corrected chi connectivity index (χ2v) is 4.15. The summed E-state index contributed by atoms with van der Waals surface area (Å²) in [5.74, 6) is 0.584. The average Bonchev–Trinajstić information content (AvgIpc) is 3.01. The highest BCUT2D eigenvalue weighted by Crippen LogP contribution is 2.25. The third-order valence-corrected chi connectivity index (χ3v) is 2.90. The fourth-order valence-electron chi connectivity index (χ4n) is 2.06. The maximum Gasteiger partial charge on any atom is 0.239 e. The quantitative estimate of drug-likeness (QED) is 0.747. The molecule has 3 rings (SSSR count). The molecule has 1 aliphatic heterocycles. The van der Waals surface area contributed by atoms with Crippen molar-refractivity contribution in [2.24, 2.45) is 5.10 Å². The SMILES string of the molecule is [O-]C1=N/[N+](=C\c2ccco2)[C@H](c2ccccc2)C1. The molecule has 0 unspecified atom stereocenters. The van der Waals surface area contributed by atoms with E-state index >= 15 is 0 Å². The Kier molecular flexibility index (Phi) is 2.68. The predicted octanol–water partition coefficient (Wildman–Crippen LogP) is 1.53. The number of hydrogen-bond donors (Lipinski definition) is 0. The maximum atomic E-state index is 11.5. The highest BCUT2D eigenvalue weighted by Gasteiger charge is 2.29. The summed E-state index contributed by atoms with van der Waals surface area (Å²) < 4.78 is 6.92. The maximum absolute atomic E-state index is 11.5. The van der Waals surface area contributed by atoms with Crippen LogP contribution in [0.4, 0.5) is 0 Å². The standard InChI is InChI=1S/C14H12N2O2/c17-14-9-13(11-5-2-1-3-6-11)16(15-14)10-12-7-4-8-18-12/h1-8,10,13H,9H2/b16-10-/t13-/m0/s1. The van der Waals surface area contributed by atoms with Gasteiger partial charge in [0.2, 0.25) is 12.3 Å². The molecule has 1 aromatic heterocycles. The first-order chi connectivity index (χ1) is 8.83. The molecule has 2 heterocycles. The monoisotopic (exact) mass is 240 g/mol. The molecule has 0 amide bonds. The Hall–Kier alpha value is -2.36. The van der Waals surface area contributed by atoms with Crippen LogP contribution in [-0.2, 0) is 0 Å². The zero-order valence-corrected chi connectivity index (χ0v) is 9.69. The van der Waals surface area contributed by atoms with Crippen LogP contribution >= 0.6 is 0 Å². The van der Waals surface area contributed by atoms with Gasteiger partial charge in [-0.15, -0.1) is 0 Å². The van der Waals surface area contributed by atoms with E-state index in [1.807, 2.05) is 36.4 Å². The topological polar surface area (TPSA) is 51.6 Å². The molecule has 90 valence electrons. The molecule has 18 heavy (non-hydrogen) atoms. The predicted molar refractivity (Wildman–Crippen MR) is 65.4 cm³/mol. The molecule has 0 bridgehead atoms. The molecular formula is C14H12N2O2. The van der Waals surface area contributed by atoms with Crippen LogP contribution in [-0.4, -0.2) is 16.8 Å². The minimum absolute atomic E-state index is 0.0381. The lowest BCUT2D eigenvalue weighted by molar-refractivity contribution is -0.564. The van der Waals surface area contributed by atoms with Gasteiger partial charge in [-0.05, 0) is 17.2 Å². The van der Waals surface area contributed by atoms with Gasteiger partial charge in [0.05, 0.1) is 12.7 Å². The lowest BCUT2D eigenvalue weighted by atomic mass is 10.1. The number of hydrazone groups is 1. The van der Waals surface area contributed by atoms with Crippen LogP contribution < -0.4 is 5.11 Å². The van der Waals surface area contributed by atoms with Gasteiger partial charge >= 0.3 is 0 Å². The molecule has 0 radical (unpaired) electrons. The van der Waals surface area contributed by atoms with E-state index in [0.29, 0.717) is 12.2 Å². The number of benzene rings is 1. The highest BCUT2D eigenvalue weighted by molar-refractivity contribution is 5.76. The van der Waals surface area contributed by atoms with Crippen molar-refractivity contribution >= 4 is 12.1 Å². The number of hydrogen-bond acceptors (Lipinski definition) is 3. The first kappa shape index (κ1) is 10.8. The molecule has 2 aromatic rings. The third-order valence-electron chi connectivity index (χ3n) is 2.90. The van der Waals surface area contributed by atoms with Crippen molar-refractivity contribution in [1.82, 2.24) is 0 Å². The molecule has 4 nitrogen and oxygen atoms in total. The van der Waals surface area contributed by atoms with Gasteiger partial charge in [0.1, 0.15) is 0 Å². The summed E-state index contributed by atoms with van der Waals surface area (Å²) in [6.45, 7) is 0. The van der Waals surface area contributed by atoms with Crippen molar-refractivity contribution in [3.63, 3.8) is 0 Å². The molecule has 0 spiro atoms. The van der Waals surface area contributed by atoms with Crippen molar-refractivity contribution in [1.29, 1.82) is 0 Å². The van der Waals surface area contributed by atoms with Gasteiger partial charge < -0.3 is 9.52 Å². The Morgan fingerprint density at radius 2 is 2.06 bits per heavy atom. The molecule has 0 saturated heterocycles. The zero-order valence-electron chi connectivity index (χ0n) is 9.69. The second kappa shape index (κ2) is 4.49. The van der Waals surface area contributed by atoms with Crippen molar-refractivity contribution in [3.8, 4) is 0 Å². The Bertz CT molecular complexity index is 586. The number of furan rings is 1. The van der Waals surface area contributed by atoms with Gasteiger partial charge in [-0.1, -0.05) is 35.0 Å². The van der Waals surface area contributed by atoms with E-state index in [4.69, 9.17) is 4.42 Å². The summed E-state index contributed by atoms with van der Waals surface area (Å²) in [5.41, 5.74) is 1.08. The van der Waals surface area contributed by atoms with Crippen molar-refractivity contribution in [3.05, 3.63) is 60.1 Å². The molecule has 0 saturated carbocycles. The van der Waals surface area contributed by atoms with Gasteiger partial charge in [-0.25, -0.2) is 0 Å². The molecule has 1 atom stereocenters. The van der Waals surface area contributed by atoms with E-state index in [1.54, 1.807) is 23.2 Å². The minimum Gasteiger partial charge on any atom is -0.857 e. The molecular weight excluding hydrogens is 228 g/mol. The summed E-state index contributed by atoms with van der Waals surface area (Å²) in [4.78, 5) is 0. The summed E-state index contributed by atoms with van der Waals surface area (Å²) in [7, 11) is 0. The Morgan fingerprint density at radius 3 is 2.78 bits per heavy atom. The molecule has 0 N–H and O–H groups in total. The van der Waals surface area contributed by atoms with Crippen molar-refractivity contribution in [2.45, 2.75) is 12.5 Å². The summed E-state index contributed by atoms with van der Waals surface area (Å²) in [6.07, 6.45) is 3.75. The highest BCUT2D eigenvalue weighted by atomic mass is 16.3. The molecule has 0 aliphatic carbocycles. The minimum atomic E-state index is -0.105. The van der Waals surface area contributed by atoms with Crippen molar-refractivity contribution in [2.75, 3.05) is 0 Å².